The smallest absolute Gasteiger partial charge is 0.0906 e. The molecule has 14 heavy (non-hydrogen) atoms. The van der Waals surface area contributed by atoms with Crippen LogP contribution in [0.4, 0.5) is 0 Å². The SMILES string of the molecule is N=C(N)CCCN=NCCCC(=N)N. The van der Waals surface area contributed by atoms with E-state index in [1.165, 1.54) is 0 Å². The van der Waals surface area contributed by atoms with Crippen LogP contribution in [0.3, 0.4) is 0 Å². The molecule has 0 amide bonds. The van der Waals surface area contributed by atoms with E-state index in [-0.39, 0.29) is 11.7 Å². The molecule has 0 aliphatic rings. The standard InChI is InChI=1S/C8H18N6/c9-7(10)3-1-5-13-14-6-2-4-8(11)12/h1-6H2,(H3,9,10)(H3,11,12). The van der Waals surface area contributed by atoms with E-state index in [0.717, 1.165) is 12.8 Å². The normalized spacial score (nSPS) is 10.6. The third-order valence-corrected chi connectivity index (χ3v) is 1.51. The van der Waals surface area contributed by atoms with Crippen LogP contribution in [-0.2, 0) is 0 Å². The molecule has 0 aromatic rings. The number of nitrogens with zero attached hydrogens (tertiary/aromatic N) is 2. The molecule has 0 unspecified atom stereocenters. The van der Waals surface area contributed by atoms with Gasteiger partial charge in [-0.2, -0.15) is 10.2 Å². The molecule has 0 atom stereocenters. The zero-order valence-corrected chi connectivity index (χ0v) is 8.29. The number of nitrogens with two attached hydrogens (primary N) is 2. The molecule has 0 heterocycles. The van der Waals surface area contributed by atoms with E-state index in [2.05, 4.69) is 10.2 Å². The number of hydrogen-bond acceptors (Lipinski definition) is 4. The van der Waals surface area contributed by atoms with Gasteiger partial charge in [-0.05, 0) is 12.8 Å². The highest BCUT2D eigenvalue weighted by atomic mass is 15.1. The highest BCUT2D eigenvalue weighted by Gasteiger charge is 1.90. The van der Waals surface area contributed by atoms with Crippen LogP contribution >= 0.6 is 0 Å². The summed E-state index contributed by atoms with van der Waals surface area (Å²) in [4.78, 5) is 0. The quantitative estimate of drug-likeness (QED) is 0.200. The lowest BCUT2D eigenvalue weighted by atomic mass is 10.3. The summed E-state index contributed by atoms with van der Waals surface area (Å²) in [6.45, 7) is 1.22. The van der Waals surface area contributed by atoms with Gasteiger partial charge in [0.25, 0.3) is 0 Å². The summed E-state index contributed by atoms with van der Waals surface area (Å²) in [7, 11) is 0. The Morgan fingerprint density at radius 1 is 0.857 bits per heavy atom. The lowest BCUT2D eigenvalue weighted by Crippen LogP contribution is -2.09. The van der Waals surface area contributed by atoms with Crippen molar-refractivity contribution >= 4 is 11.7 Å². The molecule has 0 aromatic carbocycles. The number of azo groups is 1. The highest BCUT2D eigenvalue weighted by molar-refractivity contribution is 5.77. The largest absolute Gasteiger partial charge is 0.388 e. The second-order valence-corrected chi connectivity index (χ2v) is 2.99. The number of nitrogens with one attached hydrogen (secondary N) is 2. The molecule has 0 bridgehead atoms. The molecule has 0 aliphatic carbocycles. The summed E-state index contributed by atoms with van der Waals surface area (Å²) >= 11 is 0. The Bertz CT molecular complexity index is 188. The van der Waals surface area contributed by atoms with Gasteiger partial charge < -0.3 is 11.5 Å². The first-order chi connectivity index (χ1) is 6.63. The summed E-state index contributed by atoms with van der Waals surface area (Å²) in [5.74, 6) is 0.383. The third-order valence-electron chi connectivity index (χ3n) is 1.51. The van der Waals surface area contributed by atoms with Gasteiger partial charge in [-0.1, -0.05) is 0 Å². The number of rotatable bonds is 8. The minimum atomic E-state index is 0.191. The van der Waals surface area contributed by atoms with E-state index in [9.17, 15) is 0 Å². The third kappa shape index (κ3) is 10.5. The van der Waals surface area contributed by atoms with E-state index >= 15 is 0 Å². The molecular formula is C8H18N6. The molecule has 0 aromatic heterocycles. The van der Waals surface area contributed by atoms with Gasteiger partial charge in [0.15, 0.2) is 0 Å². The Labute approximate surface area is 83.8 Å². The van der Waals surface area contributed by atoms with Gasteiger partial charge >= 0.3 is 0 Å². The summed E-state index contributed by atoms with van der Waals surface area (Å²) in [5, 5.41) is 21.7. The molecular weight excluding hydrogens is 180 g/mol. The maximum absolute atomic E-state index is 6.96. The molecule has 0 fully saturated rings. The van der Waals surface area contributed by atoms with Crippen molar-refractivity contribution in [2.24, 2.45) is 21.7 Å². The molecule has 6 nitrogen and oxygen atoms in total. The molecule has 0 radical (unpaired) electrons. The first kappa shape index (κ1) is 12.5. The molecule has 6 N–H and O–H groups in total. The van der Waals surface area contributed by atoms with Crippen molar-refractivity contribution in [1.29, 1.82) is 10.8 Å². The molecule has 0 saturated heterocycles. The Morgan fingerprint density at radius 3 is 1.50 bits per heavy atom. The van der Waals surface area contributed by atoms with Crippen molar-refractivity contribution in [2.75, 3.05) is 13.1 Å². The van der Waals surface area contributed by atoms with Gasteiger partial charge in [-0.3, -0.25) is 10.8 Å². The molecule has 6 heteroatoms. The van der Waals surface area contributed by atoms with Crippen LogP contribution in [0.5, 0.6) is 0 Å². The Balaban J connectivity index is 3.19. The van der Waals surface area contributed by atoms with E-state index in [1.54, 1.807) is 0 Å². The fourth-order valence-electron chi connectivity index (χ4n) is 0.822. The van der Waals surface area contributed by atoms with Gasteiger partial charge in [0, 0.05) is 12.8 Å². The monoisotopic (exact) mass is 198 g/mol. The Kier molecular flexibility index (Phi) is 7.30. The van der Waals surface area contributed by atoms with Crippen molar-refractivity contribution in [1.82, 2.24) is 0 Å². The second kappa shape index (κ2) is 8.15. The summed E-state index contributed by atoms with van der Waals surface area (Å²) in [5.41, 5.74) is 10.3. The average molecular weight is 198 g/mol. The van der Waals surface area contributed by atoms with Crippen molar-refractivity contribution < 1.29 is 0 Å². The first-order valence-electron chi connectivity index (χ1n) is 4.62. The number of amidine groups is 2. The van der Waals surface area contributed by atoms with Crippen LogP contribution in [0.1, 0.15) is 25.7 Å². The van der Waals surface area contributed by atoms with Crippen LogP contribution in [0.15, 0.2) is 10.2 Å². The van der Waals surface area contributed by atoms with Crippen LogP contribution in [0.25, 0.3) is 0 Å². The fourth-order valence-corrected chi connectivity index (χ4v) is 0.822. The maximum Gasteiger partial charge on any atom is 0.0906 e. The minimum Gasteiger partial charge on any atom is -0.388 e. The van der Waals surface area contributed by atoms with Crippen LogP contribution < -0.4 is 11.5 Å². The lowest BCUT2D eigenvalue weighted by molar-refractivity contribution is 0.758. The fraction of sp³-hybridized carbons (Fsp3) is 0.750. The predicted octanol–water partition coefficient (Wildman–Crippen LogP) is 0.871. The Hall–Kier alpha value is -1.46. The van der Waals surface area contributed by atoms with E-state index in [0.29, 0.717) is 25.9 Å². The van der Waals surface area contributed by atoms with E-state index in [4.69, 9.17) is 22.3 Å². The summed E-state index contributed by atoms with van der Waals surface area (Å²) < 4.78 is 0. The average Bonchev–Trinajstić information content (AvgIpc) is 2.08. The van der Waals surface area contributed by atoms with Gasteiger partial charge in [0.05, 0.1) is 24.8 Å². The topological polar surface area (TPSA) is 124 Å². The predicted molar refractivity (Wildman–Crippen MR) is 56.9 cm³/mol. The van der Waals surface area contributed by atoms with Gasteiger partial charge in [0.2, 0.25) is 0 Å². The van der Waals surface area contributed by atoms with Crippen molar-refractivity contribution in [3.63, 3.8) is 0 Å². The highest BCUT2D eigenvalue weighted by Crippen LogP contribution is 1.92. The van der Waals surface area contributed by atoms with E-state index < -0.39 is 0 Å². The van der Waals surface area contributed by atoms with Gasteiger partial charge in [-0.25, -0.2) is 0 Å². The second-order valence-electron chi connectivity index (χ2n) is 2.99. The minimum absolute atomic E-state index is 0.191. The molecule has 0 aliphatic heterocycles. The zero-order valence-electron chi connectivity index (χ0n) is 8.29. The van der Waals surface area contributed by atoms with Gasteiger partial charge in [-0.15, -0.1) is 0 Å². The summed E-state index contributed by atoms with van der Waals surface area (Å²) in [6.07, 6.45) is 2.69. The van der Waals surface area contributed by atoms with E-state index in [1.807, 2.05) is 0 Å². The molecule has 80 valence electrons. The van der Waals surface area contributed by atoms with Crippen molar-refractivity contribution in [3.8, 4) is 0 Å². The van der Waals surface area contributed by atoms with Crippen LogP contribution in [0.2, 0.25) is 0 Å². The van der Waals surface area contributed by atoms with Crippen LogP contribution in [0, 0.1) is 10.8 Å². The maximum atomic E-state index is 6.96. The molecule has 0 rings (SSSR count). The van der Waals surface area contributed by atoms with Gasteiger partial charge in [0.1, 0.15) is 0 Å². The zero-order chi connectivity index (χ0) is 10.8. The van der Waals surface area contributed by atoms with Crippen molar-refractivity contribution in [3.05, 3.63) is 0 Å². The lowest BCUT2D eigenvalue weighted by Gasteiger charge is -1.94. The number of hydrogen-bond donors (Lipinski definition) is 4. The van der Waals surface area contributed by atoms with Crippen LogP contribution in [-0.4, -0.2) is 24.8 Å². The Morgan fingerprint density at radius 2 is 1.21 bits per heavy atom. The van der Waals surface area contributed by atoms with Crippen molar-refractivity contribution in [2.45, 2.75) is 25.7 Å². The molecule has 0 spiro atoms. The molecule has 0 saturated carbocycles. The summed E-state index contributed by atoms with van der Waals surface area (Å²) in [6, 6.07) is 0. The first-order valence-corrected chi connectivity index (χ1v) is 4.62.